The molecule has 1 rings (SSSR count). The van der Waals surface area contributed by atoms with Crippen LogP contribution in [0, 0.1) is 0 Å². The van der Waals surface area contributed by atoms with Gasteiger partial charge in [0.1, 0.15) is 6.10 Å². The average Bonchev–Trinajstić information content (AvgIpc) is 3.48. The molecule has 0 radical (unpaired) electrons. The molecule has 0 N–H and O–H groups in total. The molecule has 0 bridgehead atoms. The summed E-state index contributed by atoms with van der Waals surface area (Å²) < 4.78 is 11.1. The highest BCUT2D eigenvalue weighted by Crippen LogP contribution is 2.19. The van der Waals surface area contributed by atoms with E-state index in [1.54, 1.807) is 0 Å². The van der Waals surface area contributed by atoms with Gasteiger partial charge in [0.25, 0.3) is 0 Å². The summed E-state index contributed by atoms with van der Waals surface area (Å²) in [6.45, 7) is 5.43. The Hall–Kier alpha value is -0.570. The lowest BCUT2D eigenvalue weighted by molar-refractivity contribution is -0.150. The largest absolute Gasteiger partial charge is 0.462 e. The van der Waals surface area contributed by atoms with E-state index in [4.69, 9.17) is 9.47 Å². The van der Waals surface area contributed by atoms with Gasteiger partial charge in [0.05, 0.1) is 12.7 Å². The molecule has 0 aromatic heterocycles. The van der Waals surface area contributed by atoms with Gasteiger partial charge in [-0.15, -0.1) is 0 Å². The van der Waals surface area contributed by atoms with E-state index >= 15 is 0 Å². The fourth-order valence-electron chi connectivity index (χ4n) is 3.69. The first-order chi connectivity index (χ1) is 13.3. The van der Waals surface area contributed by atoms with E-state index in [0.29, 0.717) is 12.5 Å². The number of unbranched alkanes of at least 4 members (excludes halogenated alkanes) is 11. The minimum atomic E-state index is 0.0219. The van der Waals surface area contributed by atoms with Gasteiger partial charge in [-0.25, -0.2) is 0 Å². The average molecular weight is 383 g/mol. The van der Waals surface area contributed by atoms with Gasteiger partial charge in [-0.05, 0) is 38.5 Å². The Bertz CT molecular complexity index is 323. The van der Waals surface area contributed by atoms with Gasteiger partial charge in [0.15, 0.2) is 0 Å². The first-order valence-corrected chi connectivity index (χ1v) is 12.1. The smallest absolute Gasteiger partial charge is 0.306 e. The van der Waals surface area contributed by atoms with Crippen molar-refractivity contribution in [2.24, 2.45) is 0 Å². The minimum absolute atomic E-state index is 0.0219. The molecule has 1 fully saturated rings. The zero-order valence-electron chi connectivity index (χ0n) is 18.3. The van der Waals surface area contributed by atoms with Crippen molar-refractivity contribution in [3.05, 3.63) is 0 Å². The van der Waals surface area contributed by atoms with Gasteiger partial charge in [-0.3, -0.25) is 4.79 Å². The number of hydrogen-bond acceptors (Lipinski definition) is 3. The quantitative estimate of drug-likeness (QED) is 0.125. The second-order valence-electron chi connectivity index (χ2n) is 8.43. The summed E-state index contributed by atoms with van der Waals surface area (Å²) in [5, 5.41) is 0. The van der Waals surface area contributed by atoms with Crippen molar-refractivity contribution in [2.75, 3.05) is 6.61 Å². The van der Waals surface area contributed by atoms with Crippen LogP contribution in [0.5, 0.6) is 0 Å². The fourth-order valence-corrected chi connectivity index (χ4v) is 3.69. The van der Waals surface area contributed by atoms with Crippen molar-refractivity contribution in [1.29, 1.82) is 0 Å². The van der Waals surface area contributed by atoms with Crippen molar-refractivity contribution in [3.63, 3.8) is 0 Å². The van der Waals surface area contributed by atoms with Crippen molar-refractivity contribution >= 4 is 5.97 Å². The zero-order valence-corrected chi connectivity index (χ0v) is 18.3. The van der Waals surface area contributed by atoms with E-state index in [-0.39, 0.29) is 12.1 Å². The molecule has 1 aliphatic heterocycles. The topological polar surface area (TPSA) is 38.8 Å². The Balaban J connectivity index is 2.15. The molecule has 0 aromatic rings. The second-order valence-corrected chi connectivity index (χ2v) is 8.43. The number of carbonyl (C=O) groups is 1. The van der Waals surface area contributed by atoms with E-state index in [9.17, 15) is 4.79 Å². The van der Waals surface area contributed by atoms with Crippen LogP contribution in [-0.2, 0) is 14.3 Å². The van der Waals surface area contributed by atoms with Crippen LogP contribution in [0.1, 0.15) is 129 Å². The molecule has 1 atom stereocenters. The molecule has 1 unspecified atom stereocenters. The highest BCUT2D eigenvalue weighted by atomic mass is 16.6. The number of rotatable bonds is 20. The van der Waals surface area contributed by atoms with Crippen LogP contribution in [0.4, 0.5) is 0 Å². The Morgan fingerprint density at radius 2 is 1.33 bits per heavy atom. The van der Waals surface area contributed by atoms with E-state index in [1.165, 1.54) is 77.0 Å². The molecule has 3 nitrogen and oxygen atoms in total. The monoisotopic (exact) mass is 382 g/mol. The zero-order chi connectivity index (χ0) is 19.6. The van der Waals surface area contributed by atoms with E-state index in [0.717, 1.165) is 38.7 Å². The maximum Gasteiger partial charge on any atom is 0.306 e. The summed E-state index contributed by atoms with van der Waals surface area (Å²) in [5.41, 5.74) is 0. The van der Waals surface area contributed by atoms with Gasteiger partial charge >= 0.3 is 5.97 Å². The van der Waals surface area contributed by atoms with E-state index in [1.807, 2.05) is 0 Å². The summed E-state index contributed by atoms with van der Waals surface area (Å²) >= 11 is 0. The first kappa shape index (κ1) is 24.5. The van der Waals surface area contributed by atoms with Crippen LogP contribution >= 0.6 is 0 Å². The fraction of sp³-hybridized carbons (Fsp3) is 0.958. The van der Waals surface area contributed by atoms with Crippen LogP contribution < -0.4 is 0 Å². The van der Waals surface area contributed by atoms with Crippen LogP contribution in [0.15, 0.2) is 0 Å². The molecule has 0 saturated carbocycles. The molecule has 160 valence electrons. The molecule has 1 aliphatic rings. The Morgan fingerprint density at radius 3 is 1.85 bits per heavy atom. The highest BCUT2D eigenvalue weighted by Gasteiger charge is 2.21. The van der Waals surface area contributed by atoms with Crippen molar-refractivity contribution < 1.29 is 14.3 Å². The lowest BCUT2D eigenvalue weighted by Crippen LogP contribution is -2.18. The third-order valence-electron chi connectivity index (χ3n) is 5.62. The number of hydrogen-bond donors (Lipinski definition) is 0. The van der Waals surface area contributed by atoms with Crippen molar-refractivity contribution in [2.45, 2.75) is 142 Å². The maximum atomic E-state index is 12.2. The summed E-state index contributed by atoms with van der Waals surface area (Å²) in [6, 6.07) is 0. The molecule has 27 heavy (non-hydrogen) atoms. The highest BCUT2D eigenvalue weighted by molar-refractivity contribution is 5.69. The van der Waals surface area contributed by atoms with Gasteiger partial charge in [-0.1, -0.05) is 84.5 Å². The van der Waals surface area contributed by atoms with Gasteiger partial charge in [0, 0.05) is 6.42 Å². The van der Waals surface area contributed by atoms with E-state index < -0.39 is 0 Å². The van der Waals surface area contributed by atoms with Crippen LogP contribution in [0.3, 0.4) is 0 Å². The Kier molecular flexibility index (Phi) is 15.9. The second kappa shape index (κ2) is 17.5. The third kappa shape index (κ3) is 16.1. The SMILES string of the molecule is CCCCCCCCC(CCCCCCCC)OC(=O)CCCCC1CO1. The molecular weight excluding hydrogens is 336 g/mol. The predicted octanol–water partition coefficient (Wildman–Crippen LogP) is 7.36. The van der Waals surface area contributed by atoms with E-state index in [2.05, 4.69) is 13.8 Å². The molecule has 0 aromatic carbocycles. The van der Waals surface area contributed by atoms with Crippen LogP contribution in [-0.4, -0.2) is 24.8 Å². The van der Waals surface area contributed by atoms with Crippen molar-refractivity contribution in [3.8, 4) is 0 Å². The summed E-state index contributed by atoms with van der Waals surface area (Å²) in [5.74, 6) is 0.0219. The van der Waals surface area contributed by atoms with Crippen molar-refractivity contribution in [1.82, 2.24) is 0 Å². The first-order valence-electron chi connectivity index (χ1n) is 12.1. The lowest BCUT2D eigenvalue weighted by Gasteiger charge is -2.18. The maximum absolute atomic E-state index is 12.2. The Morgan fingerprint density at radius 1 is 0.815 bits per heavy atom. The van der Waals surface area contributed by atoms with Crippen LogP contribution in [0.25, 0.3) is 0 Å². The minimum Gasteiger partial charge on any atom is -0.462 e. The lowest BCUT2D eigenvalue weighted by atomic mass is 10.0. The third-order valence-corrected chi connectivity index (χ3v) is 5.62. The molecule has 1 saturated heterocycles. The Labute approximate surface area is 169 Å². The standard InChI is InChI=1S/C24H46O3/c1-3-5-7-9-11-13-17-22(18-14-12-10-8-6-4-2)27-24(25)20-16-15-19-23-21-26-23/h22-23H,3-21H2,1-2H3. The summed E-state index contributed by atoms with van der Waals surface area (Å²) in [4.78, 5) is 12.2. The molecule has 3 heteroatoms. The van der Waals surface area contributed by atoms with Gasteiger partial charge in [0.2, 0.25) is 0 Å². The van der Waals surface area contributed by atoms with Gasteiger partial charge in [-0.2, -0.15) is 0 Å². The van der Waals surface area contributed by atoms with Crippen LogP contribution in [0.2, 0.25) is 0 Å². The molecular formula is C24H46O3. The normalized spacial score (nSPS) is 16.0. The molecule has 1 heterocycles. The number of esters is 1. The summed E-state index contributed by atoms with van der Waals surface area (Å²) in [6.07, 6.45) is 22.1. The number of carbonyl (C=O) groups excluding carboxylic acids is 1. The number of ether oxygens (including phenoxy) is 2. The number of epoxide rings is 1. The molecule has 0 spiro atoms. The molecule has 0 aliphatic carbocycles. The molecule has 0 amide bonds. The summed E-state index contributed by atoms with van der Waals surface area (Å²) in [7, 11) is 0. The van der Waals surface area contributed by atoms with Gasteiger partial charge < -0.3 is 9.47 Å². The predicted molar refractivity (Wildman–Crippen MR) is 114 cm³/mol.